The second-order valence-electron chi connectivity index (χ2n) is 5.68. The average Bonchev–Trinajstić information content (AvgIpc) is 2.81. The van der Waals surface area contributed by atoms with Gasteiger partial charge < -0.3 is 10.0 Å². The third-order valence-corrected chi connectivity index (χ3v) is 4.80. The molecule has 1 aromatic heterocycles. The normalized spacial score (nSPS) is 23.9. The summed E-state index contributed by atoms with van der Waals surface area (Å²) in [6.07, 6.45) is 0.795. The van der Waals surface area contributed by atoms with Crippen molar-refractivity contribution >= 4 is 17.2 Å². The standard InChI is InChI=1S/C14H22N2O2S/c1-9(2)14-15-11(8-19-14)6-13(18)16-5-4-12(17)10(3)7-16/h8-10,12,17H,4-7H2,1-3H3/t10-,12-/m1/s1. The molecule has 0 spiro atoms. The summed E-state index contributed by atoms with van der Waals surface area (Å²) in [6, 6.07) is 0. The number of carbonyl (C=O) groups is 1. The molecular formula is C14H22N2O2S. The van der Waals surface area contributed by atoms with Crippen molar-refractivity contribution < 1.29 is 9.90 Å². The fourth-order valence-corrected chi connectivity index (χ4v) is 3.13. The topological polar surface area (TPSA) is 53.4 Å². The lowest BCUT2D eigenvalue weighted by atomic mass is 9.96. The quantitative estimate of drug-likeness (QED) is 0.923. The van der Waals surface area contributed by atoms with E-state index in [4.69, 9.17) is 0 Å². The van der Waals surface area contributed by atoms with Gasteiger partial charge in [-0.1, -0.05) is 20.8 Å². The zero-order valence-corrected chi connectivity index (χ0v) is 12.6. The Kier molecular flexibility index (Phi) is 4.58. The first-order valence-corrected chi connectivity index (χ1v) is 7.75. The van der Waals surface area contributed by atoms with Gasteiger partial charge in [-0.25, -0.2) is 4.98 Å². The molecule has 5 heteroatoms. The number of hydrogen-bond acceptors (Lipinski definition) is 4. The molecule has 1 N–H and O–H groups in total. The van der Waals surface area contributed by atoms with E-state index in [-0.39, 0.29) is 17.9 Å². The van der Waals surface area contributed by atoms with Crippen molar-refractivity contribution in [2.75, 3.05) is 13.1 Å². The van der Waals surface area contributed by atoms with Gasteiger partial charge in [-0.05, 0) is 12.3 Å². The molecule has 0 bridgehead atoms. The van der Waals surface area contributed by atoms with Gasteiger partial charge in [0, 0.05) is 24.4 Å². The Hall–Kier alpha value is -0.940. The Bertz CT molecular complexity index is 444. The Morgan fingerprint density at radius 2 is 2.37 bits per heavy atom. The maximum Gasteiger partial charge on any atom is 0.228 e. The van der Waals surface area contributed by atoms with Crippen molar-refractivity contribution in [2.45, 2.75) is 45.6 Å². The minimum absolute atomic E-state index is 0.124. The van der Waals surface area contributed by atoms with E-state index in [0.717, 1.165) is 10.7 Å². The largest absolute Gasteiger partial charge is 0.393 e. The number of likely N-dealkylation sites (tertiary alicyclic amines) is 1. The molecule has 106 valence electrons. The smallest absolute Gasteiger partial charge is 0.228 e. The number of carbonyl (C=O) groups excluding carboxylic acids is 1. The number of thiazole rings is 1. The Morgan fingerprint density at radius 1 is 1.63 bits per heavy atom. The number of nitrogens with zero attached hydrogens (tertiary/aromatic N) is 2. The lowest BCUT2D eigenvalue weighted by Gasteiger charge is -2.34. The summed E-state index contributed by atoms with van der Waals surface area (Å²) in [5.41, 5.74) is 0.873. The van der Waals surface area contributed by atoms with Crippen LogP contribution in [-0.4, -0.2) is 40.1 Å². The summed E-state index contributed by atoms with van der Waals surface area (Å²) in [4.78, 5) is 18.6. The van der Waals surface area contributed by atoms with Crippen molar-refractivity contribution in [1.29, 1.82) is 0 Å². The highest BCUT2D eigenvalue weighted by atomic mass is 32.1. The van der Waals surface area contributed by atoms with Crippen LogP contribution in [0.2, 0.25) is 0 Å². The van der Waals surface area contributed by atoms with Crippen LogP contribution in [0.3, 0.4) is 0 Å². The molecular weight excluding hydrogens is 260 g/mol. The van der Waals surface area contributed by atoms with Crippen LogP contribution in [0.4, 0.5) is 0 Å². The minimum Gasteiger partial charge on any atom is -0.393 e. The summed E-state index contributed by atoms with van der Waals surface area (Å²) in [5, 5.41) is 12.8. The van der Waals surface area contributed by atoms with Crippen molar-refractivity contribution in [3.63, 3.8) is 0 Å². The van der Waals surface area contributed by atoms with E-state index >= 15 is 0 Å². The number of aliphatic hydroxyl groups excluding tert-OH is 1. The van der Waals surface area contributed by atoms with E-state index < -0.39 is 0 Å². The molecule has 1 aromatic rings. The number of rotatable bonds is 3. The van der Waals surface area contributed by atoms with Gasteiger partial charge in [0.2, 0.25) is 5.91 Å². The Balaban J connectivity index is 1.93. The number of aromatic nitrogens is 1. The van der Waals surface area contributed by atoms with E-state index in [2.05, 4.69) is 18.8 Å². The molecule has 4 nitrogen and oxygen atoms in total. The molecule has 19 heavy (non-hydrogen) atoms. The molecule has 1 aliphatic rings. The monoisotopic (exact) mass is 282 g/mol. The summed E-state index contributed by atoms with van der Waals surface area (Å²) in [6.45, 7) is 7.52. The molecule has 0 unspecified atom stereocenters. The van der Waals surface area contributed by atoms with E-state index in [1.165, 1.54) is 0 Å². The molecule has 2 heterocycles. The SMILES string of the molecule is CC(C)c1nc(CC(=O)N2CC[C@@H](O)[C@H](C)C2)cs1. The van der Waals surface area contributed by atoms with E-state index in [0.29, 0.717) is 31.8 Å². The summed E-state index contributed by atoms with van der Waals surface area (Å²) in [7, 11) is 0. The van der Waals surface area contributed by atoms with Crippen LogP contribution in [0, 0.1) is 5.92 Å². The third-order valence-electron chi connectivity index (χ3n) is 3.61. The summed E-state index contributed by atoms with van der Waals surface area (Å²) >= 11 is 1.63. The predicted molar refractivity (Wildman–Crippen MR) is 76.3 cm³/mol. The second-order valence-corrected chi connectivity index (χ2v) is 6.57. The second kappa shape index (κ2) is 6.01. The van der Waals surface area contributed by atoms with Crippen LogP contribution in [0.1, 0.15) is 43.8 Å². The van der Waals surface area contributed by atoms with Gasteiger partial charge in [0.25, 0.3) is 0 Å². The number of aliphatic hydroxyl groups is 1. The van der Waals surface area contributed by atoms with Crippen LogP contribution >= 0.6 is 11.3 Å². The predicted octanol–water partition coefficient (Wildman–Crippen LogP) is 2.04. The summed E-state index contributed by atoms with van der Waals surface area (Å²) in [5.74, 6) is 0.706. The highest BCUT2D eigenvalue weighted by Crippen LogP contribution is 2.21. The van der Waals surface area contributed by atoms with Crippen molar-refractivity contribution in [3.8, 4) is 0 Å². The molecule has 0 radical (unpaired) electrons. The van der Waals surface area contributed by atoms with Crippen LogP contribution in [0.5, 0.6) is 0 Å². The molecule has 2 rings (SSSR count). The van der Waals surface area contributed by atoms with Gasteiger partial charge in [0.05, 0.1) is 23.2 Å². The molecule has 1 aliphatic heterocycles. The zero-order valence-electron chi connectivity index (χ0n) is 11.8. The molecule has 0 aliphatic carbocycles. The van der Waals surface area contributed by atoms with Gasteiger partial charge in [-0.15, -0.1) is 11.3 Å². The lowest BCUT2D eigenvalue weighted by Crippen LogP contribution is -2.45. The fraction of sp³-hybridized carbons (Fsp3) is 0.714. The van der Waals surface area contributed by atoms with E-state index in [1.54, 1.807) is 11.3 Å². The minimum atomic E-state index is -0.268. The first kappa shape index (κ1) is 14.5. The first-order chi connectivity index (χ1) is 8.97. The van der Waals surface area contributed by atoms with Crippen molar-refractivity contribution in [1.82, 2.24) is 9.88 Å². The lowest BCUT2D eigenvalue weighted by molar-refractivity contribution is -0.134. The maximum atomic E-state index is 12.2. The van der Waals surface area contributed by atoms with Crippen LogP contribution in [0.15, 0.2) is 5.38 Å². The van der Waals surface area contributed by atoms with Gasteiger partial charge in [0.15, 0.2) is 0 Å². The van der Waals surface area contributed by atoms with Gasteiger partial charge in [-0.3, -0.25) is 4.79 Å². The van der Waals surface area contributed by atoms with Crippen molar-refractivity contribution in [3.05, 3.63) is 16.1 Å². The molecule has 2 atom stereocenters. The van der Waals surface area contributed by atoms with E-state index in [1.807, 2.05) is 17.2 Å². The van der Waals surface area contributed by atoms with Crippen LogP contribution in [-0.2, 0) is 11.2 Å². The average molecular weight is 282 g/mol. The maximum absolute atomic E-state index is 12.2. The van der Waals surface area contributed by atoms with Crippen LogP contribution < -0.4 is 0 Å². The van der Waals surface area contributed by atoms with Crippen LogP contribution in [0.25, 0.3) is 0 Å². The van der Waals surface area contributed by atoms with E-state index in [9.17, 15) is 9.90 Å². The zero-order chi connectivity index (χ0) is 14.0. The third kappa shape index (κ3) is 3.54. The number of hydrogen-bond donors (Lipinski definition) is 1. The number of piperidine rings is 1. The first-order valence-electron chi connectivity index (χ1n) is 6.87. The van der Waals surface area contributed by atoms with Gasteiger partial charge in [0.1, 0.15) is 0 Å². The summed E-state index contributed by atoms with van der Waals surface area (Å²) < 4.78 is 0. The van der Waals surface area contributed by atoms with Gasteiger partial charge in [-0.2, -0.15) is 0 Å². The molecule has 1 amide bonds. The molecule has 0 aromatic carbocycles. The number of amides is 1. The Morgan fingerprint density at radius 3 is 2.95 bits per heavy atom. The molecule has 0 saturated carbocycles. The fourth-order valence-electron chi connectivity index (χ4n) is 2.30. The highest BCUT2D eigenvalue weighted by molar-refractivity contribution is 7.09. The Labute approximate surface area is 118 Å². The van der Waals surface area contributed by atoms with Gasteiger partial charge >= 0.3 is 0 Å². The molecule has 1 saturated heterocycles. The highest BCUT2D eigenvalue weighted by Gasteiger charge is 2.27. The van der Waals surface area contributed by atoms with Crippen molar-refractivity contribution in [2.24, 2.45) is 5.92 Å². The molecule has 1 fully saturated rings.